The van der Waals surface area contributed by atoms with Crippen LogP contribution in [-0.4, -0.2) is 19.9 Å². The standard InChI is InChI=1S/C25H19ClN4O2/c1-16(28-24(31)21-15-27-22-12-5-6-13-29(21)22)20-14-17-8-7-11-19(26)23(17)25(32)30(20)18-9-3-2-4-10-18/h2-16H,1H3,(H,28,31). The fourth-order valence-electron chi connectivity index (χ4n) is 3.95. The monoisotopic (exact) mass is 442 g/mol. The molecule has 1 atom stereocenters. The third kappa shape index (κ3) is 3.35. The normalized spacial score (nSPS) is 12.2. The van der Waals surface area contributed by atoms with Gasteiger partial charge in [0.25, 0.3) is 11.5 Å². The molecule has 0 spiro atoms. The first-order chi connectivity index (χ1) is 15.5. The third-order valence-electron chi connectivity index (χ3n) is 5.48. The van der Waals surface area contributed by atoms with Crippen molar-refractivity contribution in [1.82, 2.24) is 19.3 Å². The maximum Gasteiger partial charge on any atom is 0.270 e. The number of pyridine rings is 2. The number of hydrogen-bond acceptors (Lipinski definition) is 3. The fraction of sp³-hybridized carbons (Fsp3) is 0.0800. The number of nitrogens with one attached hydrogen (secondary N) is 1. The van der Waals surface area contributed by atoms with E-state index in [0.29, 0.717) is 33.1 Å². The zero-order valence-electron chi connectivity index (χ0n) is 17.2. The van der Waals surface area contributed by atoms with Crippen LogP contribution < -0.4 is 10.9 Å². The van der Waals surface area contributed by atoms with Gasteiger partial charge >= 0.3 is 0 Å². The number of hydrogen-bond donors (Lipinski definition) is 1. The molecule has 0 bridgehead atoms. The van der Waals surface area contributed by atoms with Crippen molar-refractivity contribution in [1.29, 1.82) is 0 Å². The number of imidazole rings is 1. The van der Waals surface area contributed by atoms with E-state index in [1.54, 1.807) is 27.4 Å². The Morgan fingerprint density at radius 1 is 1.03 bits per heavy atom. The molecule has 0 saturated heterocycles. The lowest BCUT2D eigenvalue weighted by Gasteiger charge is -2.21. The maximum absolute atomic E-state index is 13.5. The molecule has 3 heterocycles. The zero-order valence-corrected chi connectivity index (χ0v) is 18.0. The molecule has 1 amide bonds. The smallest absolute Gasteiger partial charge is 0.270 e. The number of aromatic nitrogens is 3. The van der Waals surface area contributed by atoms with E-state index in [-0.39, 0.29) is 11.5 Å². The van der Waals surface area contributed by atoms with E-state index < -0.39 is 6.04 Å². The average Bonchev–Trinajstić information content (AvgIpc) is 3.24. The van der Waals surface area contributed by atoms with Crippen LogP contribution in [0, 0.1) is 0 Å². The number of amides is 1. The maximum atomic E-state index is 13.5. The summed E-state index contributed by atoms with van der Waals surface area (Å²) in [6, 6.07) is 21.7. The van der Waals surface area contributed by atoms with Gasteiger partial charge in [0.15, 0.2) is 0 Å². The predicted octanol–water partition coefficient (Wildman–Crippen LogP) is 4.78. The molecule has 0 aliphatic carbocycles. The lowest BCUT2D eigenvalue weighted by Crippen LogP contribution is -2.32. The number of halogens is 1. The average molecular weight is 443 g/mol. The second kappa shape index (κ2) is 7.98. The molecule has 0 saturated carbocycles. The molecule has 0 fully saturated rings. The summed E-state index contributed by atoms with van der Waals surface area (Å²) in [5.41, 5.74) is 2.23. The fourth-order valence-corrected chi connectivity index (χ4v) is 4.21. The summed E-state index contributed by atoms with van der Waals surface area (Å²) in [7, 11) is 0. The van der Waals surface area contributed by atoms with Crippen LogP contribution in [0.3, 0.4) is 0 Å². The predicted molar refractivity (Wildman–Crippen MR) is 126 cm³/mol. The molecule has 32 heavy (non-hydrogen) atoms. The number of carbonyl (C=O) groups excluding carboxylic acids is 1. The van der Waals surface area contributed by atoms with Crippen LogP contribution in [0.25, 0.3) is 22.1 Å². The van der Waals surface area contributed by atoms with Crippen LogP contribution in [0.1, 0.15) is 29.1 Å². The minimum absolute atomic E-state index is 0.231. The molecule has 5 aromatic rings. The number of para-hydroxylation sites is 1. The first-order valence-corrected chi connectivity index (χ1v) is 10.5. The third-order valence-corrected chi connectivity index (χ3v) is 5.79. The van der Waals surface area contributed by atoms with Gasteiger partial charge < -0.3 is 5.32 Å². The van der Waals surface area contributed by atoms with E-state index in [4.69, 9.17) is 11.6 Å². The largest absolute Gasteiger partial charge is 0.343 e. The quantitative estimate of drug-likeness (QED) is 0.435. The van der Waals surface area contributed by atoms with Crippen molar-refractivity contribution >= 4 is 33.9 Å². The van der Waals surface area contributed by atoms with Gasteiger partial charge in [0.2, 0.25) is 0 Å². The summed E-state index contributed by atoms with van der Waals surface area (Å²) in [6.07, 6.45) is 3.33. The number of carbonyl (C=O) groups is 1. The number of rotatable bonds is 4. The summed E-state index contributed by atoms with van der Waals surface area (Å²) in [6.45, 7) is 1.85. The lowest BCUT2D eigenvalue weighted by molar-refractivity contribution is 0.0933. The number of benzene rings is 2. The molecule has 158 valence electrons. The van der Waals surface area contributed by atoms with Gasteiger partial charge in [0, 0.05) is 17.6 Å². The molecule has 1 unspecified atom stereocenters. The number of nitrogens with zero attached hydrogens (tertiary/aromatic N) is 3. The van der Waals surface area contributed by atoms with E-state index >= 15 is 0 Å². The van der Waals surface area contributed by atoms with Gasteiger partial charge in [-0.25, -0.2) is 4.98 Å². The Hall–Kier alpha value is -3.90. The highest BCUT2D eigenvalue weighted by atomic mass is 35.5. The molecule has 6 nitrogen and oxygen atoms in total. The van der Waals surface area contributed by atoms with E-state index in [0.717, 1.165) is 5.39 Å². The molecule has 1 N–H and O–H groups in total. The molecule has 7 heteroatoms. The molecule has 5 rings (SSSR count). The Morgan fingerprint density at radius 2 is 1.81 bits per heavy atom. The zero-order chi connectivity index (χ0) is 22.2. The number of fused-ring (bicyclic) bond motifs is 2. The molecule has 3 aromatic heterocycles. The van der Waals surface area contributed by atoms with Gasteiger partial charge in [-0.3, -0.25) is 18.6 Å². The van der Waals surface area contributed by atoms with Crippen molar-refractivity contribution in [2.45, 2.75) is 13.0 Å². The van der Waals surface area contributed by atoms with Gasteiger partial charge in [-0.15, -0.1) is 0 Å². The van der Waals surface area contributed by atoms with Gasteiger partial charge in [-0.05, 0) is 48.7 Å². The van der Waals surface area contributed by atoms with Crippen LogP contribution in [-0.2, 0) is 0 Å². The van der Waals surface area contributed by atoms with Crippen LogP contribution in [0.15, 0.2) is 90.0 Å². The summed E-state index contributed by atoms with van der Waals surface area (Å²) in [5, 5.41) is 4.58. The molecular weight excluding hydrogens is 424 g/mol. The van der Waals surface area contributed by atoms with Crippen molar-refractivity contribution < 1.29 is 4.79 Å². The van der Waals surface area contributed by atoms with Crippen LogP contribution in [0.5, 0.6) is 0 Å². The molecule has 0 aliphatic rings. The highest BCUT2D eigenvalue weighted by molar-refractivity contribution is 6.35. The topological polar surface area (TPSA) is 68.4 Å². The van der Waals surface area contributed by atoms with Gasteiger partial charge in [0.1, 0.15) is 11.3 Å². The summed E-state index contributed by atoms with van der Waals surface area (Å²) >= 11 is 6.37. The van der Waals surface area contributed by atoms with Crippen molar-refractivity contribution in [3.63, 3.8) is 0 Å². The second-order valence-corrected chi connectivity index (χ2v) is 7.92. The lowest BCUT2D eigenvalue weighted by atomic mass is 10.1. The van der Waals surface area contributed by atoms with Crippen LogP contribution >= 0.6 is 11.6 Å². The van der Waals surface area contributed by atoms with E-state index in [1.165, 1.54) is 0 Å². The minimum atomic E-state index is -0.465. The van der Waals surface area contributed by atoms with Gasteiger partial charge in [-0.1, -0.05) is 48.0 Å². The Labute approximate surface area is 188 Å². The van der Waals surface area contributed by atoms with Crippen molar-refractivity contribution in [3.05, 3.63) is 112 Å². The molecule has 2 aromatic carbocycles. The van der Waals surface area contributed by atoms with E-state index in [1.807, 2.05) is 73.7 Å². The van der Waals surface area contributed by atoms with Crippen molar-refractivity contribution in [2.75, 3.05) is 0 Å². The van der Waals surface area contributed by atoms with Crippen molar-refractivity contribution in [2.24, 2.45) is 0 Å². The van der Waals surface area contributed by atoms with Gasteiger partial charge in [0.05, 0.1) is 22.6 Å². The Morgan fingerprint density at radius 3 is 2.62 bits per heavy atom. The first-order valence-electron chi connectivity index (χ1n) is 10.2. The molecule has 0 radical (unpaired) electrons. The highest BCUT2D eigenvalue weighted by Crippen LogP contribution is 2.25. The first kappa shape index (κ1) is 20.0. The summed E-state index contributed by atoms with van der Waals surface area (Å²) in [5.74, 6) is -0.283. The van der Waals surface area contributed by atoms with Crippen molar-refractivity contribution in [3.8, 4) is 5.69 Å². The van der Waals surface area contributed by atoms with Gasteiger partial charge in [-0.2, -0.15) is 0 Å². The van der Waals surface area contributed by atoms with E-state index in [2.05, 4.69) is 10.3 Å². The Bertz CT molecular complexity index is 1520. The Balaban J connectivity index is 1.62. The Kier molecular flexibility index (Phi) is 4.99. The minimum Gasteiger partial charge on any atom is -0.343 e. The molecule has 0 aliphatic heterocycles. The summed E-state index contributed by atoms with van der Waals surface area (Å²) in [4.78, 5) is 30.9. The van der Waals surface area contributed by atoms with Crippen LogP contribution in [0.2, 0.25) is 5.02 Å². The SMILES string of the molecule is CC(NC(=O)c1cnc2ccccn12)c1cc2cccc(Cl)c2c(=O)n1-c1ccccc1. The summed E-state index contributed by atoms with van der Waals surface area (Å²) < 4.78 is 3.33. The van der Waals surface area contributed by atoms with E-state index in [9.17, 15) is 9.59 Å². The second-order valence-electron chi connectivity index (χ2n) is 7.52. The molecular formula is C25H19ClN4O2. The van der Waals surface area contributed by atoms with Crippen LogP contribution in [0.4, 0.5) is 0 Å². The highest BCUT2D eigenvalue weighted by Gasteiger charge is 2.21.